The molecule has 4 aliphatic rings. The average Bonchev–Trinajstić information content (AvgIpc) is 3.45. The van der Waals surface area contributed by atoms with Crippen LogP contribution in [0.3, 0.4) is 0 Å². The lowest BCUT2D eigenvalue weighted by atomic mass is 9.73. The van der Waals surface area contributed by atoms with Crippen LogP contribution >= 0.6 is 11.8 Å². The summed E-state index contributed by atoms with van der Waals surface area (Å²) in [5.41, 5.74) is 5.88. The fourth-order valence-electron chi connectivity index (χ4n) is 5.82. The van der Waals surface area contributed by atoms with Gasteiger partial charge in [0.25, 0.3) is 10.2 Å². The van der Waals surface area contributed by atoms with Crippen LogP contribution in [-0.4, -0.2) is 89.9 Å². The van der Waals surface area contributed by atoms with Crippen LogP contribution in [-0.2, 0) is 24.6 Å². The molecule has 0 bridgehead atoms. The highest BCUT2D eigenvalue weighted by molar-refractivity contribution is 8.03. The molecule has 0 saturated carbocycles. The van der Waals surface area contributed by atoms with Crippen LogP contribution in [0, 0.1) is 17.8 Å². The largest absolute Gasteiger partial charge is 0.477 e. The van der Waals surface area contributed by atoms with Gasteiger partial charge in [-0.15, -0.1) is 11.8 Å². The molecule has 4 aliphatic heterocycles. The van der Waals surface area contributed by atoms with Gasteiger partial charge >= 0.3 is 5.97 Å². The molecule has 0 aromatic carbocycles. The van der Waals surface area contributed by atoms with E-state index in [1.165, 1.54) is 27.9 Å². The first-order valence-electron chi connectivity index (χ1n) is 12.1. The van der Waals surface area contributed by atoms with Gasteiger partial charge in [-0.3, -0.25) is 4.79 Å². The van der Waals surface area contributed by atoms with Gasteiger partial charge in [-0.2, -0.15) is 12.7 Å². The van der Waals surface area contributed by atoms with Gasteiger partial charge in [0.15, 0.2) is 0 Å². The molecular weight excluding hydrogens is 494 g/mol. The van der Waals surface area contributed by atoms with Crippen LogP contribution < -0.4 is 15.8 Å². The van der Waals surface area contributed by atoms with E-state index in [4.69, 9.17) is 5.73 Å². The molecule has 13 heteroatoms. The van der Waals surface area contributed by atoms with Gasteiger partial charge in [0.2, 0.25) is 5.91 Å². The van der Waals surface area contributed by atoms with E-state index in [-0.39, 0.29) is 65.1 Å². The third-order valence-electron chi connectivity index (χ3n) is 7.53. The number of hydrogen-bond donors (Lipinski definition) is 4. The van der Waals surface area contributed by atoms with Crippen LogP contribution in [0.5, 0.6) is 0 Å². The van der Waals surface area contributed by atoms with Gasteiger partial charge in [0.1, 0.15) is 11.5 Å². The monoisotopic (exact) mass is 529 g/mol. The van der Waals surface area contributed by atoms with Gasteiger partial charge in [-0.25, -0.2) is 9.52 Å². The molecule has 4 rings (SSSR count). The quantitative estimate of drug-likeness (QED) is 0.279. The number of aliphatic carboxylic acids is 1. The van der Waals surface area contributed by atoms with Crippen molar-refractivity contribution in [1.82, 2.24) is 19.2 Å². The van der Waals surface area contributed by atoms with Gasteiger partial charge in [-0.1, -0.05) is 13.8 Å². The van der Waals surface area contributed by atoms with Crippen LogP contribution in [0.15, 0.2) is 10.6 Å². The summed E-state index contributed by atoms with van der Waals surface area (Å²) in [6, 6.07) is -0.453. The van der Waals surface area contributed by atoms with Crippen molar-refractivity contribution in [2.45, 2.75) is 63.4 Å². The highest BCUT2D eigenvalue weighted by atomic mass is 32.2. The van der Waals surface area contributed by atoms with E-state index in [9.17, 15) is 27.9 Å². The van der Waals surface area contributed by atoms with Crippen molar-refractivity contribution >= 4 is 39.6 Å². The van der Waals surface area contributed by atoms with Gasteiger partial charge < -0.3 is 25.9 Å². The summed E-state index contributed by atoms with van der Waals surface area (Å²) in [6.45, 7) is 6.91. The Morgan fingerprint density at radius 2 is 2.09 bits per heavy atom. The second kappa shape index (κ2) is 10.1. The Balaban J connectivity index is 1.38. The molecule has 0 unspecified atom stereocenters. The molecule has 35 heavy (non-hydrogen) atoms. The second-order valence-electron chi connectivity index (χ2n) is 10.3. The first-order valence-corrected chi connectivity index (χ1v) is 14.4. The Morgan fingerprint density at radius 1 is 1.37 bits per heavy atom. The zero-order chi connectivity index (χ0) is 25.7. The van der Waals surface area contributed by atoms with E-state index in [1.807, 2.05) is 13.8 Å². The van der Waals surface area contributed by atoms with E-state index in [0.717, 1.165) is 0 Å². The molecule has 196 valence electrons. The first-order chi connectivity index (χ1) is 16.4. The summed E-state index contributed by atoms with van der Waals surface area (Å²) in [4.78, 5) is 38.7. The van der Waals surface area contributed by atoms with Crippen LogP contribution in [0.1, 0.15) is 40.0 Å². The number of nitrogens with two attached hydrogens (primary N) is 1. The van der Waals surface area contributed by atoms with Crippen molar-refractivity contribution in [2.24, 2.45) is 23.5 Å². The number of carboxylic acids is 1. The van der Waals surface area contributed by atoms with E-state index >= 15 is 0 Å². The predicted molar refractivity (Wildman–Crippen MR) is 131 cm³/mol. The molecule has 0 spiro atoms. The molecule has 7 atom stereocenters. The van der Waals surface area contributed by atoms with Crippen molar-refractivity contribution in [3.8, 4) is 0 Å². The number of Topliss-reactive ketones (excluding diaryl/α,β-unsaturated/α-hetero) is 1. The van der Waals surface area contributed by atoms with Gasteiger partial charge in [0, 0.05) is 60.8 Å². The SMILES string of the molecule is CC(=O)C[C@H](C)[C@H]1C(=O)N2C(C(=O)O)=C(S[C@@H]3CN[C@H](CNS(=O)(=O)N4CC[C@H](N)C4)C3)[C@H](C)[C@H]12. The number of nitrogens with one attached hydrogen (secondary N) is 2. The molecular formula is C22H35N5O6S2. The highest BCUT2D eigenvalue weighted by Gasteiger charge is 2.60. The Morgan fingerprint density at radius 3 is 2.69 bits per heavy atom. The van der Waals surface area contributed by atoms with E-state index in [1.54, 1.807) is 0 Å². The Kier molecular flexibility index (Phi) is 7.66. The number of fused-ring (bicyclic) bond motifs is 1. The highest BCUT2D eigenvalue weighted by Crippen LogP contribution is 2.53. The number of nitrogens with zero attached hydrogens (tertiary/aromatic N) is 2. The number of ketones is 1. The maximum absolute atomic E-state index is 12.9. The molecule has 0 aliphatic carbocycles. The minimum Gasteiger partial charge on any atom is -0.477 e. The summed E-state index contributed by atoms with van der Waals surface area (Å²) < 4.78 is 29.1. The predicted octanol–water partition coefficient (Wildman–Crippen LogP) is -0.294. The zero-order valence-electron chi connectivity index (χ0n) is 20.3. The van der Waals surface area contributed by atoms with Crippen molar-refractivity contribution < 1.29 is 27.9 Å². The molecule has 0 aromatic heterocycles. The summed E-state index contributed by atoms with van der Waals surface area (Å²) in [6.07, 6.45) is 1.61. The maximum atomic E-state index is 12.9. The first kappa shape index (κ1) is 26.6. The van der Waals surface area contributed by atoms with Crippen molar-refractivity contribution in [1.29, 1.82) is 0 Å². The molecule has 0 aromatic rings. The number of thioether (sulfide) groups is 1. The lowest BCUT2D eigenvalue weighted by Gasteiger charge is -2.47. The van der Waals surface area contributed by atoms with Crippen molar-refractivity contribution in [2.75, 3.05) is 26.2 Å². The van der Waals surface area contributed by atoms with Crippen LogP contribution in [0.2, 0.25) is 0 Å². The molecule has 3 fully saturated rings. The lowest BCUT2D eigenvalue weighted by Crippen LogP contribution is -2.62. The Labute approximate surface area is 210 Å². The molecule has 5 N–H and O–H groups in total. The molecule has 3 saturated heterocycles. The van der Waals surface area contributed by atoms with Gasteiger partial charge in [0.05, 0.1) is 12.0 Å². The molecule has 0 radical (unpaired) electrons. The third-order valence-corrected chi connectivity index (χ3v) is 10.6. The number of amides is 1. The minimum atomic E-state index is -3.58. The summed E-state index contributed by atoms with van der Waals surface area (Å²) in [5.74, 6) is -1.96. The average molecular weight is 530 g/mol. The maximum Gasteiger partial charge on any atom is 0.353 e. The molecule has 4 heterocycles. The van der Waals surface area contributed by atoms with Crippen molar-refractivity contribution in [3.05, 3.63) is 10.6 Å². The number of carbonyl (C=O) groups excluding carboxylic acids is 2. The lowest BCUT2D eigenvalue weighted by molar-refractivity contribution is -0.160. The van der Waals surface area contributed by atoms with E-state index < -0.39 is 16.2 Å². The summed E-state index contributed by atoms with van der Waals surface area (Å²) in [5, 5.41) is 13.3. The third kappa shape index (κ3) is 5.16. The summed E-state index contributed by atoms with van der Waals surface area (Å²) in [7, 11) is -3.58. The number of rotatable bonds is 10. The number of carboxylic acid groups (broad SMARTS) is 1. The number of carbonyl (C=O) groups is 3. The van der Waals surface area contributed by atoms with Gasteiger partial charge in [-0.05, 0) is 25.7 Å². The standard InChI is InChI=1S/C22H35N5O6S2/c1-11(6-12(2)28)17-18-13(3)20(19(22(30)31)27(18)21(17)29)34-16-7-15(24-9-16)8-25-35(32,33)26-5-4-14(23)10-26/h11,13-18,24-25H,4-10,23H2,1-3H3,(H,30,31)/t11-,13+,14-,15-,16-,17+,18+/m0/s1. The Hall–Kier alpha value is -1.51. The fraction of sp³-hybridized carbons (Fsp3) is 0.773. The number of β-lactam (4-membered cyclic amide) rings is 1. The minimum absolute atomic E-state index is 0.0155. The smallest absolute Gasteiger partial charge is 0.353 e. The molecule has 1 amide bonds. The normalized spacial score (nSPS) is 34.3. The number of hydrogen-bond acceptors (Lipinski definition) is 8. The van der Waals surface area contributed by atoms with E-state index in [0.29, 0.717) is 43.8 Å². The van der Waals surface area contributed by atoms with Crippen molar-refractivity contribution in [3.63, 3.8) is 0 Å². The zero-order valence-corrected chi connectivity index (χ0v) is 21.9. The summed E-state index contributed by atoms with van der Waals surface area (Å²) >= 11 is 1.47. The fourth-order valence-corrected chi connectivity index (χ4v) is 8.67. The van der Waals surface area contributed by atoms with Crippen LogP contribution in [0.4, 0.5) is 0 Å². The second-order valence-corrected chi connectivity index (χ2v) is 13.4. The Bertz CT molecular complexity index is 1030. The van der Waals surface area contributed by atoms with Crippen LogP contribution in [0.25, 0.3) is 0 Å². The molecule has 11 nitrogen and oxygen atoms in total. The topological polar surface area (TPSA) is 162 Å². The van der Waals surface area contributed by atoms with E-state index in [2.05, 4.69) is 10.0 Å².